The summed E-state index contributed by atoms with van der Waals surface area (Å²) in [6, 6.07) is 11.4. The van der Waals surface area contributed by atoms with Crippen LogP contribution in [0.4, 0.5) is 5.69 Å². The Balaban J connectivity index is 1.58. The highest BCUT2D eigenvalue weighted by molar-refractivity contribution is 5.93. The minimum absolute atomic E-state index is 0.425. The number of carbonyl (C=O) groups is 1. The summed E-state index contributed by atoms with van der Waals surface area (Å²) in [5, 5.41) is 9.88. The first-order chi connectivity index (χ1) is 13.2. The van der Waals surface area contributed by atoms with Crippen molar-refractivity contribution >= 4 is 22.6 Å². The summed E-state index contributed by atoms with van der Waals surface area (Å²) >= 11 is 0. The number of hydrogen-bond donors (Lipinski definition) is 2. The summed E-state index contributed by atoms with van der Waals surface area (Å²) in [5.74, 6) is -0.508. The molecule has 27 heavy (non-hydrogen) atoms. The number of likely N-dealkylation sites (N-methyl/N-ethyl adjacent to an activating group) is 1. The number of hydroxylamine groups is 1. The second-order valence-corrected chi connectivity index (χ2v) is 6.94. The first-order valence-corrected chi connectivity index (χ1v) is 9.06. The zero-order valence-corrected chi connectivity index (χ0v) is 15.3. The van der Waals surface area contributed by atoms with E-state index in [1.165, 1.54) is 11.1 Å². The fraction of sp³-hybridized carbons (Fsp3) is 0.300. The third-order valence-electron chi connectivity index (χ3n) is 5.15. The molecular weight excluding hydrogens is 342 g/mol. The van der Waals surface area contributed by atoms with Crippen molar-refractivity contribution in [3.05, 3.63) is 59.9 Å². The van der Waals surface area contributed by atoms with Crippen molar-refractivity contribution in [3.63, 3.8) is 0 Å². The number of anilines is 1. The Hall–Kier alpha value is -2.90. The largest absolute Gasteiger partial charge is 0.368 e. The Kier molecular flexibility index (Phi) is 4.79. The van der Waals surface area contributed by atoms with Crippen LogP contribution in [-0.4, -0.2) is 58.8 Å². The lowest BCUT2D eigenvalue weighted by atomic mass is 10.1. The minimum atomic E-state index is -0.508. The molecule has 0 radical (unpaired) electrons. The molecule has 1 aliphatic rings. The van der Waals surface area contributed by atoms with Gasteiger partial charge in [-0.25, -0.2) is 10.5 Å². The summed E-state index contributed by atoms with van der Waals surface area (Å²) in [4.78, 5) is 20.8. The standard InChI is InChI=1S/C20H23N5O2/c1-23-10-12-24(13-11-23)18-6-8-21-19-17(18)7-9-25(19)14-15-2-4-16(5-3-15)20(26)22-27/h2-9,27H,10-14H2,1H3,(H,22,26). The molecule has 1 fully saturated rings. The number of carbonyl (C=O) groups excluding carboxylic acids is 1. The molecule has 7 nitrogen and oxygen atoms in total. The number of hydrogen-bond acceptors (Lipinski definition) is 5. The van der Waals surface area contributed by atoms with Gasteiger partial charge in [0.2, 0.25) is 0 Å². The molecular formula is C20H23N5O2. The lowest BCUT2D eigenvalue weighted by molar-refractivity contribution is 0.0706. The van der Waals surface area contributed by atoms with Crippen molar-refractivity contribution in [1.29, 1.82) is 0 Å². The highest BCUT2D eigenvalue weighted by atomic mass is 16.5. The van der Waals surface area contributed by atoms with Crippen LogP contribution < -0.4 is 10.4 Å². The van der Waals surface area contributed by atoms with Crippen LogP contribution in [0.15, 0.2) is 48.8 Å². The van der Waals surface area contributed by atoms with E-state index in [1.807, 2.05) is 18.3 Å². The van der Waals surface area contributed by atoms with Gasteiger partial charge >= 0.3 is 0 Å². The van der Waals surface area contributed by atoms with Crippen molar-refractivity contribution in [2.45, 2.75) is 6.54 Å². The average molecular weight is 365 g/mol. The molecule has 4 rings (SSSR count). The van der Waals surface area contributed by atoms with E-state index in [4.69, 9.17) is 5.21 Å². The number of pyridine rings is 1. The summed E-state index contributed by atoms with van der Waals surface area (Å²) in [5.41, 5.74) is 5.34. The number of aromatic nitrogens is 2. The van der Waals surface area contributed by atoms with Gasteiger partial charge in [0.15, 0.2) is 0 Å². The first kappa shape index (κ1) is 17.5. The predicted octanol–water partition coefficient (Wildman–Crippen LogP) is 1.96. The number of nitrogens with one attached hydrogen (secondary N) is 1. The van der Waals surface area contributed by atoms with Crippen molar-refractivity contribution in [3.8, 4) is 0 Å². The molecule has 1 aromatic carbocycles. The van der Waals surface area contributed by atoms with E-state index in [1.54, 1.807) is 17.6 Å². The molecule has 140 valence electrons. The van der Waals surface area contributed by atoms with Gasteiger partial charge < -0.3 is 14.4 Å². The lowest BCUT2D eigenvalue weighted by Crippen LogP contribution is -2.44. The number of benzene rings is 1. The van der Waals surface area contributed by atoms with Crippen molar-refractivity contribution in [1.82, 2.24) is 19.9 Å². The third-order valence-corrected chi connectivity index (χ3v) is 5.15. The van der Waals surface area contributed by atoms with Gasteiger partial charge in [-0.05, 0) is 36.9 Å². The molecule has 2 N–H and O–H groups in total. The maximum absolute atomic E-state index is 11.4. The number of piperazine rings is 1. The molecule has 0 spiro atoms. The number of nitrogens with zero attached hydrogens (tertiary/aromatic N) is 4. The Morgan fingerprint density at radius 3 is 2.56 bits per heavy atom. The maximum atomic E-state index is 11.4. The Labute approximate surface area is 157 Å². The van der Waals surface area contributed by atoms with Gasteiger partial charge in [0.05, 0.1) is 0 Å². The fourth-order valence-electron chi connectivity index (χ4n) is 3.55. The fourth-order valence-corrected chi connectivity index (χ4v) is 3.55. The van der Waals surface area contributed by atoms with Gasteiger partial charge in [0, 0.05) is 61.8 Å². The SMILES string of the molecule is CN1CCN(c2ccnc3c2ccn3Cc2ccc(C(=O)NO)cc2)CC1. The van der Waals surface area contributed by atoms with Crippen LogP contribution in [0.5, 0.6) is 0 Å². The molecule has 3 aromatic rings. The highest BCUT2D eigenvalue weighted by Crippen LogP contribution is 2.27. The molecule has 1 amide bonds. The first-order valence-electron chi connectivity index (χ1n) is 9.06. The van der Waals surface area contributed by atoms with Crippen LogP contribution in [0.2, 0.25) is 0 Å². The van der Waals surface area contributed by atoms with E-state index < -0.39 is 5.91 Å². The van der Waals surface area contributed by atoms with Gasteiger partial charge in [-0.15, -0.1) is 0 Å². The molecule has 1 aliphatic heterocycles. The zero-order valence-electron chi connectivity index (χ0n) is 15.3. The van der Waals surface area contributed by atoms with Gasteiger partial charge in [-0.2, -0.15) is 0 Å². The Bertz CT molecular complexity index is 943. The topological polar surface area (TPSA) is 73.6 Å². The highest BCUT2D eigenvalue weighted by Gasteiger charge is 2.17. The van der Waals surface area contributed by atoms with Crippen molar-refractivity contribution in [2.75, 3.05) is 38.1 Å². The molecule has 1 saturated heterocycles. The summed E-state index contributed by atoms with van der Waals surface area (Å²) in [6.45, 7) is 4.85. The lowest BCUT2D eigenvalue weighted by Gasteiger charge is -2.34. The summed E-state index contributed by atoms with van der Waals surface area (Å²) in [7, 11) is 2.16. The van der Waals surface area contributed by atoms with E-state index >= 15 is 0 Å². The van der Waals surface area contributed by atoms with E-state index in [0.29, 0.717) is 12.1 Å². The molecule has 0 bridgehead atoms. The smallest absolute Gasteiger partial charge is 0.274 e. The zero-order chi connectivity index (χ0) is 18.8. The molecule has 0 saturated carbocycles. The molecule has 3 heterocycles. The number of rotatable bonds is 4. The van der Waals surface area contributed by atoms with Gasteiger partial charge in [-0.1, -0.05) is 12.1 Å². The monoisotopic (exact) mass is 365 g/mol. The third kappa shape index (κ3) is 3.51. The number of fused-ring (bicyclic) bond motifs is 1. The van der Waals surface area contributed by atoms with Crippen molar-refractivity contribution < 1.29 is 10.0 Å². The van der Waals surface area contributed by atoms with Crippen LogP contribution in [-0.2, 0) is 6.54 Å². The second-order valence-electron chi connectivity index (χ2n) is 6.94. The van der Waals surface area contributed by atoms with Crippen LogP contribution in [0.25, 0.3) is 11.0 Å². The molecule has 7 heteroatoms. The average Bonchev–Trinajstić information content (AvgIpc) is 3.11. The molecule has 0 aliphatic carbocycles. The second kappa shape index (κ2) is 7.38. The van der Waals surface area contributed by atoms with E-state index in [0.717, 1.165) is 37.4 Å². The minimum Gasteiger partial charge on any atom is -0.368 e. The van der Waals surface area contributed by atoms with Crippen LogP contribution >= 0.6 is 0 Å². The van der Waals surface area contributed by atoms with Gasteiger partial charge in [0.25, 0.3) is 5.91 Å². The molecule has 2 aromatic heterocycles. The maximum Gasteiger partial charge on any atom is 0.274 e. The van der Waals surface area contributed by atoms with E-state index in [9.17, 15) is 4.79 Å². The van der Waals surface area contributed by atoms with Crippen LogP contribution in [0.3, 0.4) is 0 Å². The van der Waals surface area contributed by atoms with E-state index in [-0.39, 0.29) is 0 Å². The normalized spacial score (nSPS) is 15.3. The quantitative estimate of drug-likeness (QED) is 0.546. The summed E-state index contributed by atoms with van der Waals surface area (Å²) < 4.78 is 2.12. The van der Waals surface area contributed by atoms with Crippen LogP contribution in [0.1, 0.15) is 15.9 Å². The van der Waals surface area contributed by atoms with Crippen LogP contribution in [0, 0.1) is 0 Å². The summed E-state index contributed by atoms with van der Waals surface area (Å²) in [6.07, 6.45) is 3.94. The molecule has 0 unspecified atom stereocenters. The van der Waals surface area contributed by atoms with Gasteiger partial charge in [-0.3, -0.25) is 10.0 Å². The number of amides is 1. The van der Waals surface area contributed by atoms with Gasteiger partial charge in [0.1, 0.15) is 5.65 Å². The Morgan fingerprint density at radius 1 is 1.11 bits per heavy atom. The van der Waals surface area contributed by atoms with Crippen molar-refractivity contribution in [2.24, 2.45) is 0 Å². The Morgan fingerprint density at radius 2 is 1.85 bits per heavy atom. The predicted molar refractivity (Wildman–Crippen MR) is 104 cm³/mol. The molecule has 0 atom stereocenters. The van der Waals surface area contributed by atoms with E-state index in [2.05, 4.69) is 44.7 Å².